The minimum atomic E-state index is -0.858. The highest BCUT2D eigenvalue weighted by Gasteiger charge is 2.24. The highest BCUT2D eigenvalue weighted by atomic mass is 19.2. The normalized spacial score (nSPS) is 18.8. The quantitative estimate of drug-likeness (QED) is 0.928. The fourth-order valence-electron chi connectivity index (χ4n) is 2.39. The summed E-state index contributed by atoms with van der Waals surface area (Å²) in [6.45, 7) is 3.12. The van der Waals surface area contributed by atoms with Crippen LogP contribution in [0.15, 0.2) is 18.2 Å². The number of benzene rings is 1. The number of halogens is 2. The molecule has 0 saturated carbocycles. The lowest BCUT2D eigenvalue weighted by atomic mass is 10.0. The zero-order valence-electron chi connectivity index (χ0n) is 11.4. The van der Waals surface area contributed by atoms with E-state index >= 15 is 0 Å². The Bertz CT molecular complexity index is 482. The molecule has 0 radical (unpaired) electrons. The van der Waals surface area contributed by atoms with Gasteiger partial charge in [-0.2, -0.15) is 0 Å². The van der Waals surface area contributed by atoms with Crippen LogP contribution in [0, 0.1) is 11.6 Å². The van der Waals surface area contributed by atoms with E-state index in [1.807, 2.05) is 0 Å². The van der Waals surface area contributed by atoms with E-state index in [2.05, 4.69) is 5.32 Å². The second-order valence-electron chi connectivity index (χ2n) is 4.72. The third-order valence-electron chi connectivity index (χ3n) is 3.29. The second-order valence-corrected chi connectivity index (χ2v) is 4.72. The van der Waals surface area contributed by atoms with Gasteiger partial charge in [0.15, 0.2) is 11.6 Å². The van der Waals surface area contributed by atoms with Crippen LogP contribution in [0.1, 0.15) is 19.8 Å². The van der Waals surface area contributed by atoms with E-state index in [0.29, 0.717) is 19.7 Å². The maximum absolute atomic E-state index is 13.8. The SMILES string of the molecule is CCOC(=O)NC1CCCN(c2cccc(F)c2F)C1. The molecule has 110 valence electrons. The van der Waals surface area contributed by atoms with E-state index < -0.39 is 17.7 Å². The van der Waals surface area contributed by atoms with Crippen LogP contribution in [-0.4, -0.2) is 31.8 Å². The molecule has 1 fully saturated rings. The molecule has 6 heteroatoms. The number of ether oxygens (including phenoxy) is 1. The standard InChI is InChI=1S/C14H18F2N2O2/c1-2-20-14(19)17-10-5-4-8-18(9-10)12-7-3-6-11(15)13(12)16/h3,6-7,10H,2,4-5,8-9H2,1H3,(H,17,19). The molecule has 1 atom stereocenters. The molecule has 20 heavy (non-hydrogen) atoms. The first-order valence-corrected chi connectivity index (χ1v) is 6.74. The zero-order chi connectivity index (χ0) is 14.5. The van der Waals surface area contributed by atoms with Gasteiger partial charge < -0.3 is 15.0 Å². The van der Waals surface area contributed by atoms with Crippen molar-refractivity contribution in [3.63, 3.8) is 0 Å². The molecule has 0 aromatic heterocycles. The minimum Gasteiger partial charge on any atom is -0.450 e. The van der Waals surface area contributed by atoms with Gasteiger partial charge in [0.1, 0.15) is 0 Å². The Hall–Kier alpha value is -1.85. The number of hydrogen-bond acceptors (Lipinski definition) is 3. The van der Waals surface area contributed by atoms with Crippen molar-refractivity contribution < 1.29 is 18.3 Å². The number of carbonyl (C=O) groups excluding carboxylic acids is 1. The zero-order valence-corrected chi connectivity index (χ0v) is 11.4. The van der Waals surface area contributed by atoms with Gasteiger partial charge in [-0.3, -0.25) is 0 Å². The van der Waals surface area contributed by atoms with Gasteiger partial charge in [0.2, 0.25) is 0 Å². The van der Waals surface area contributed by atoms with Crippen molar-refractivity contribution in [2.75, 3.05) is 24.6 Å². The summed E-state index contributed by atoms with van der Waals surface area (Å²) in [5, 5.41) is 2.73. The fourth-order valence-corrected chi connectivity index (χ4v) is 2.39. The van der Waals surface area contributed by atoms with E-state index in [1.165, 1.54) is 6.07 Å². The van der Waals surface area contributed by atoms with Crippen molar-refractivity contribution in [3.05, 3.63) is 29.8 Å². The summed E-state index contributed by atoms with van der Waals surface area (Å²) in [5.41, 5.74) is 0.236. The first-order valence-electron chi connectivity index (χ1n) is 6.74. The van der Waals surface area contributed by atoms with Crippen LogP contribution in [0.5, 0.6) is 0 Å². The van der Waals surface area contributed by atoms with Crippen molar-refractivity contribution in [2.45, 2.75) is 25.8 Å². The topological polar surface area (TPSA) is 41.6 Å². The van der Waals surface area contributed by atoms with E-state index in [4.69, 9.17) is 4.74 Å². The number of alkyl carbamates (subject to hydrolysis) is 1. The van der Waals surface area contributed by atoms with Gasteiger partial charge in [-0.25, -0.2) is 13.6 Å². The highest BCUT2D eigenvalue weighted by Crippen LogP contribution is 2.24. The predicted octanol–water partition coefficient (Wildman–Crippen LogP) is 2.68. The minimum absolute atomic E-state index is 0.120. The Morgan fingerprint density at radius 3 is 3.05 bits per heavy atom. The van der Waals surface area contributed by atoms with Crippen molar-refractivity contribution >= 4 is 11.8 Å². The van der Waals surface area contributed by atoms with Crippen molar-refractivity contribution in [1.29, 1.82) is 0 Å². The lowest BCUT2D eigenvalue weighted by Gasteiger charge is -2.34. The van der Waals surface area contributed by atoms with Gasteiger partial charge in [0.25, 0.3) is 0 Å². The first-order chi connectivity index (χ1) is 9.61. The summed E-state index contributed by atoms with van der Waals surface area (Å²) in [5.74, 6) is -1.70. The molecular weight excluding hydrogens is 266 g/mol. The Labute approximate surface area is 116 Å². The molecule has 0 bridgehead atoms. The maximum atomic E-state index is 13.8. The number of nitrogens with zero attached hydrogens (tertiary/aromatic N) is 1. The lowest BCUT2D eigenvalue weighted by molar-refractivity contribution is 0.146. The summed E-state index contributed by atoms with van der Waals surface area (Å²) in [7, 11) is 0. The van der Waals surface area contributed by atoms with Crippen LogP contribution in [0.25, 0.3) is 0 Å². The van der Waals surface area contributed by atoms with Crippen molar-refractivity contribution in [1.82, 2.24) is 5.32 Å². The number of hydrogen-bond donors (Lipinski definition) is 1. The Kier molecular flexibility index (Phi) is 4.76. The number of amides is 1. The van der Waals surface area contributed by atoms with Gasteiger partial charge in [0, 0.05) is 19.1 Å². The van der Waals surface area contributed by atoms with Gasteiger partial charge in [0.05, 0.1) is 12.3 Å². The van der Waals surface area contributed by atoms with E-state index in [-0.39, 0.29) is 11.7 Å². The lowest BCUT2D eigenvalue weighted by Crippen LogP contribution is -2.48. The summed E-state index contributed by atoms with van der Waals surface area (Å²) < 4.78 is 31.8. The monoisotopic (exact) mass is 284 g/mol. The molecule has 2 rings (SSSR count). The molecule has 1 aliphatic rings. The highest BCUT2D eigenvalue weighted by molar-refractivity contribution is 5.67. The van der Waals surface area contributed by atoms with E-state index in [9.17, 15) is 13.6 Å². The molecular formula is C14H18F2N2O2. The number of piperidine rings is 1. The van der Waals surface area contributed by atoms with Gasteiger partial charge >= 0.3 is 6.09 Å². The average Bonchev–Trinajstić information content (AvgIpc) is 2.42. The van der Waals surface area contributed by atoms with Crippen LogP contribution >= 0.6 is 0 Å². The van der Waals surface area contributed by atoms with Crippen LogP contribution < -0.4 is 10.2 Å². The Balaban J connectivity index is 2.03. The summed E-state index contributed by atoms with van der Waals surface area (Å²) in [6.07, 6.45) is 1.12. The average molecular weight is 284 g/mol. The molecule has 1 aromatic rings. The maximum Gasteiger partial charge on any atom is 0.407 e. The van der Waals surface area contributed by atoms with Crippen LogP contribution in [0.4, 0.5) is 19.3 Å². The molecule has 1 saturated heterocycles. The summed E-state index contributed by atoms with van der Waals surface area (Å²) in [6, 6.07) is 4.00. The molecule has 1 aromatic carbocycles. The smallest absolute Gasteiger partial charge is 0.407 e. The number of anilines is 1. The predicted molar refractivity (Wildman–Crippen MR) is 71.8 cm³/mol. The Morgan fingerprint density at radius 2 is 2.30 bits per heavy atom. The summed E-state index contributed by atoms with van der Waals surface area (Å²) in [4.78, 5) is 13.1. The van der Waals surface area contributed by atoms with E-state index in [0.717, 1.165) is 18.9 Å². The van der Waals surface area contributed by atoms with Crippen molar-refractivity contribution in [3.8, 4) is 0 Å². The van der Waals surface area contributed by atoms with Gasteiger partial charge in [-0.05, 0) is 31.9 Å². The molecule has 4 nitrogen and oxygen atoms in total. The second kappa shape index (κ2) is 6.54. The Morgan fingerprint density at radius 1 is 1.50 bits per heavy atom. The third kappa shape index (κ3) is 3.37. The largest absolute Gasteiger partial charge is 0.450 e. The third-order valence-corrected chi connectivity index (χ3v) is 3.29. The number of nitrogens with one attached hydrogen (secondary N) is 1. The number of carbonyl (C=O) groups is 1. The first kappa shape index (κ1) is 14.6. The van der Waals surface area contributed by atoms with Gasteiger partial charge in [-0.15, -0.1) is 0 Å². The molecule has 1 heterocycles. The molecule has 1 unspecified atom stereocenters. The molecule has 0 spiro atoms. The van der Waals surface area contributed by atoms with Crippen LogP contribution in [0.2, 0.25) is 0 Å². The van der Waals surface area contributed by atoms with Crippen molar-refractivity contribution in [2.24, 2.45) is 0 Å². The number of rotatable bonds is 3. The molecule has 1 amide bonds. The fraction of sp³-hybridized carbons (Fsp3) is 0.500. The summed E-state index contributed by atoms with van der Waals surface area (Å²) >= 11 is 0. The van der Waals surface area contributed by atoms with Crippen LogP contribution in [-0.2, 0) is 4.74 Å². The molecule has 1 aliphatic heterocycles. The molecule has 0 aliphatic carbocycles. The molecule has 1 N–H and O–H groups in total. The van der Waals surface area contributed by atoms with Gasteiger partial charge in [-0.1, -0.05) is 6.07 Å². The van der Waals surface area contributed by atoms with E-state index in [1.54, 1.807) is 17.9 Å². The van der Waals surface area contributed by atoms with Crippen LogP contribution in [0.3, 0.4) is 0 Å².